The molecule has 2 aliphatic heterocycles. The Hall–Kier alpha value is -2.88. The van der Waals surface area contributed by atoms with Crippen LogP contribution in [0.2, 0.25) is 5.02 Å². The summed E-state index contributed by atoms with van der Waals surface area (Å²) in [5.74, 6) is -0.179. The van der Waals surface area contributed by atoms with Crippen molar-refractivity contribution in [1.82, 2.24) is 10.2 Å². The van der Waals surface area contributed by atoms with Gasteiger partial charge in [0.2, 0.25) is 5.91 Å². The highest BCUT2D eigenvalue weighted by Gasteiger charge is 2.37. The van der Waals surface area contributed by atoms with Crippen molar-refractivity contribution in [1.29, 1.82) is 5.26 Å². The third-order valence-electron chi connectivity index (χ3n) is 6.78. The first-order valence-corrected chi connectivity index (χ1v) is 11.8. The molecule has 0 aromatic heterocycles. The van der Waals surface area contributed by atoms with E-state index in [-0.39, 0.29) is 35.9 Å². The topological polar surface area (TPSA) is 76.4 Å². The number of para-hydroxylation sites is 1. The monoisotopic (exact) mass is 464 g/mol. The number of hydrogen-bond acceptors (Lipinski definition) is 4. The van der Waals surface area contributed by atoms with E-state index < -0.39 is 0 Å². The van der Waals surface area contributed by atoms with Crippen molar-refractivity contribution >= 4 is 29.1 Å². The summed E-state index contributed by atoms with van der Waals surface area (Å²) in [4.78, 5) is 29.8. The Morgan fingerprint density at radius 2 is 2.03 bits per heavy atom. The minimum absolute atomic E-state index is 0.0771. The number of amides is 2. The molecule has 0 radical (unpaired) electrons. The molecule has 1 fully saturated rings. The lowest BCUT2D eigenvalue weighted by molar-refractivity contribution is -0.130. The van der Waals surface area contributed by atoms with E-state index in [1.54, 1.807) is 15.9 Å². The van der Waals surface area contributed by atoms with Gasteiger partial charge < -0.3 is 15.1 Å². The molecule has 7 heteroatoms. The molecule has 2 aromatic carbocycles. The highest BCUT2D eigenvalue weighted by molar-refractivity contribution is 6.31. The van der Waals surface area contributed by atoms with Crippen LogP contribution in [-0.4, -0.2) is 48.4 Å². The van der Waals surface area contributed by atoms with E-state index in [4.69, 9.17) is 11.6 Å². The number of rotatable bonds is 5. The van der Waals surface area contributed by atoms with E-state index in [0.29, 0.717) is 23.7 Å². The average Bonchev–Trinajstić information content (AvgIpc) is 3.27. The average molecular weight is 465 g/mol. The molecule has 2 aromatic rings. The Balaban J connectivity index is 1.58. The summed E-state index contributed by atoms with van der Waals surface area (Å²) in [6.07, 6.45) is 1.59. The maximum atomic E-state index is 13.7. The quantitative estimate of drug-likeness (QED) is 0.722. The minimum Gasteiger partial charge on any atom is -0.326 e. The van der Waals surface area contributed by atoms with Crippen molar-refractivity contribution in [2.75, 3.05) is 24.5 Å². The number of carbonyl (C=O) groups is 2. The molecule has 0 aliphatic carbocycles. The first kappa shape index (κ1) is 23.3. The Labute approximate surface area is 200 Å². The number of halogens is 1. The van der Waals surface area contributed by atoms with Crippen LogP contribution in [0.1, 0.15) is 55.1 Å². The van der Waals surface area contributed by atoms with Crippen LogP contribution < -0.4 is 10.2 Å². The third kappa shape index (κ3) is 4.36. The van der Waals surface area contributed by atoms with Gasteiger partial charge in [-0.05, 0) is 49.1 Å². The molecule has 0 saturated carbocycles. The molecule has 4 rings (SSSR count). The molecule has 1 N–H and O–H groups in total. The van der Waals surface area contributed by atoms with Crippen LogP contribution in [0, 0.1) is 11.3 Å². The molecular formula is C26H29ClN4O2. The van der Waals surface area contributed by atoms with E-state index in [2.05, 4.69) is 31.3 Å². The number of fused-ring (bicyclic) bond motifs is 2. The molecule has 2 atom stereocenters. The zero-order valence-electron chi connectivity index (χ0n) is 19.3. The summed E-state index contributed by atoms with van der Waals surface area (Å²) in [5.41, 5.74) is 3.09. The third-order valence-corrected chi connectivity index (χ3v) is 7.01. The number of nitrogens with zero attached hydrogens (tertiary/aromatic N) is 3. The summed E-state index contributed by atoms with van der Waals surface area (Å²) in [6.45, 7) is 7.36. The number of benzene rings is 2. The second-order valence-electron chi connectivity index (χ2n) is 9.40. The summed E-state index contributed by atoms with van der Waals surface area (Å²) in [7, 11) is 0. The minimum atomic E-state index is -0.379. The molecule has 0 unspecified atom stereocenters. The maximum absolute atomic E-state index is 13.7. The lowest BCUT2D eigenvalue weighted by Crippen LogP contribution is -2.47. The Bertz CT molecular complexity index is 1120. The van der Waals surface area contributed by atoms with Gasteiger partial charge in [0.05, 0.1) is 12.6 Å². The van der Waals surface area contributed by atoms with Crippen LogP contribution in [0.15, 0.2) is 42.5 Å². The van der Waals surface area contributed by atoms with Crippen LogP contribution >= 0.6 is 11.6 Å². The summed E-state index contributed by atoms with van der Waals surface area (Å²) >= 11 is 6.28. The van der Waals surface area contributed by atoms with E-state index in [9.17, 15) is 14.9 Å². The summed E-state index contributed by atoms with van der Waals surface area (Å²) < 4.78 is 0. The van der Waals surface area contributed by atoms with Crippen LogP contribution in [-0.2, 0) is 10.2 Å². The highest BCUT2D eigenvalue weighted by Crippen LogP contribution is 2.43. The van der Waals surface area contributed by atoms with Gasteiger partial charge in [-0.2, -0.15) is 5.26 Å². The summed E-state index contributed by atoms with van der Waals surface area (Å²) in [6, 6.07) is 15.2. The first-order chi connectivity index (χ1) is 15.7. The molecule has 33 heavy (non-hydrogen) atoms. The maximum Gasteiger partial charge on any atom is 0.258 e. The highest BCUT2D eigenvalue weighted by atomic mass is 35.5. The molecule has 0 bridgehead atoms. The van der Waals surface area contributed by atoms with Gasteiger partial charge in [0.15, 0.2) is 0 Å². The van der Waals surface area contributed by atoms with Crippen molar-refractivity contribution in [2.24, 2.45) is 0 Å². The Kier molecular flexibility index (Phi) is 6.47. The van der Waals surface area contributed by atoms with Crippen molar-refractivity contribution < 1.29 is 9.59 Å². The van der Waals surface area contributed by atoms with Crippen molar-refractivity contribution in [2.45, 2.75) is 51.1 Å². The number of nitriles is 1. The van der Waals surface area contributed by atoms with Gasteiger partial charge in [0, 0.05) is 40.8 Å². The molecule has 2 aliphatic rings. The summed E-state index contributed by atoms with van der Waals surface area (Å²) in [5, 5.41) is 13.0. The first-order valence-electron chi connectivity index (χ1n) is 11.4. The molecular weight excluding hydrogens is 436 g/mol. The van der Waals surface area contributed by atoms with Crippen LogP contribution in [0.4, 0.5) is 5.69 Å². The largest absolute Gasteiger partial charge is 0.326 e. The lowest BCUT2D eigenvalue weighted by atomic mass is 9.76. The van der Waals surface area contributed by atoms with E-state index in [0.717, 1.165) is 29.7 Å². The smallest absolute Gasteiger partial charge is 0.258 e. The molecule has 1 saturated heterocycles. The molecule has 2 heterocycles. The molecule has 2 amide bonds. The Morgan fingerprint density at radius 3 is 2.79 bits per heavy atom. The fourth-order valence-corrected chi connectivity index (χ4v) is 5.13. The van der Waals surface area contributed by atoms with Crippen molar-refractivity contribution in [3.8, 4) is 6.07 Å². The van der Waals surface area contributed by atoms with Crippen molar-refractivity contribution in [3.63, 3.8) is 0 Å². The van der Waals surface area contributed by atoms with E-state index in [1.165, 1.54) is 0 Å². The van der Waals surface area contributed by atoms with Crippen LogP contribution in [0.5, 0.6) is 0 Å². The number of anilines is 1. The van der Waals surface area contributed by atoms with Gasteiger partial charge >= 0.3 is 0 Å². The van der Waals surface area contributed by atoms with Crippen LogP contribution in [0.25, 0.3) is 0 Å². The fourth-order valence-electron chi connectivity index (χ4n) is 4.96. The molecule has 172 valence electrons. The zero-order valence-corrected chi connectivity index (χ0v) is 20.0. The van der Waals surface area contributed by atoms with Gasteiger partial charge in [0.25, 0.3) is 5.91 Å². The van der Waals surface area contributed by atoms with Gasteiger partial charge in [-0.1, -0.05) is 49.7 Å². The lowest BCUT2D eigenvalue weighted by Gasteiger charge is -2.30. The number of carbonyl (C=O) groups excluding carboxylic acids is 2. The van der Waals surface area contributed by atoms with E-state index >= 15 is 0 Å². The van der Waals surface area contributed by atoms with Gasteiger partial charge in [-0.25, -0.2) is 0 Å². The number of nitrogens with one attached hydrogen (secondary N) is 1. The normalized spacial score (nSPS) is 20.0. The fraction of sp³-hybridized carbons (Fsp3) is 0.423. The number of likely N-dealkylation sites (tertiary alicyclic amines) is 1. The zero-order chi connectivity index (χ0) is 23.8. The van der Waals surface area contributed by atoms with Gasteiger partial charge in [-0.15, -0.1) is 0 Å². The Morgan fingerprint density at radius 1 is 1.27 bits per heavy atom. The SMILES string of the molecule is C[C@H](CN1C(=O)c2cc(Cl)ccc2C(C)(C)c2ccccc21)NCC(=O)N1CCC[C@H]1C#N. The standard InChI is InChI=1S/C26H29ClN4O2/c1-17(29-15-24(32)30-12-6-7-19(30)14-28)16-31-23-9-5-4-8-22(23)26(2,3)21-11-10-18(27)13-20(21)25(31)33/h4-5,8-11,13,17,19,29H,6-7,12,15-16H2,1-3H3/t17-,19+/m1/s1. The van der Waals surface area contributed by atoms with Gasteiger partial charge in [0.1, 0.15) is 6.04 Å². The predicted octanol–water partition coefficient (Wildman–Crippen LogP) is 4.12. The second kappa shape index (κ2) is 9.17. The van der Waals surface area contributed by atoms with Crippen LogP contribution in [0.3, 0.4) is 0 Å². The number of hydrogen-bond donors (Lipinski definition) is 1. The van der Waals surface area contributed by atoms with Gasteiger partial charge in [-0.3, -0.25) is 9.59 Å². The molecule has 6 nitrogen and oxygen atoms in total. The predicted molar refractivity (Wildman–Crippen MR) is 130 cm³/mol. The molecule has 0 spiro atoms. The van der Waals surface area contributed by atoms with Crippen molar-refractivity contribution in [3.05, 3.63) is 64.2 Å². The van der Waals surface area contributed by atoms with E-state index in [1.807, 2.05) is 37.3 Å². The second-order valence-corrected chi connectivity index (χ2v) is 9.84.